The maximum absolute atomic E-state index is 14.2. The molecule has 1 aliphatic heterocycles. The molecule has 0 saturated carbocycles. The smallest absolute Gasteiger partial charge is 0.273 e. The third kappa shape index (κ3) is 8.45. The molecule has 2 amide bonds. The Labute approximate surface area is 208 Å². The lowest BCUT2D eigenvalue weighted by Gasteiger charge is -2.22. The highest BCUT2D eigenvalue weighted by Crippen LogP contribution is 2.26. The van der Waals surface area contributed by atoms with Crippen molar-refractivity contribution in [2.45, 2.75) is 50.7 Å². The van der Waals surface area contributed by atoms with Crippen molar-refractivity contribution in [1.82, 2.24) is 30.6 Å². The molecule has 0 spiro atoms. The molecular weight excluding hydrogens is 467 g/mol. The second kappa shape index (κ2) is 13.3. The van der Waals surface area contributed by atoms with Gasteiger partial charge in [-0.2, -0.15) is 0 Å². The molecule has 1 aliphatic rings. The summed E-state index contributed by atoms with van der Waals surface area (Å²) in [5.41, 5.74) is 1.99. The van der Waals surface area contributed by atoms with E-state index >= 15 is 0 Å². The zero-order valence-electron chi connectivity index (χ0n) is 20.2. The van der Waals surface area contributed by atoms with Crippen LogP contribution in [0.4, 0.5) is 4.39 Å². The number of rotatable bonds is 11. The number of aromatic nitrogens is 4. The summed E-state index contributed by atoms with van der Waals surface area (Å²) in [5.74, 6) is -0.541. The fourth-order valence-electron chi connectivity index (χ4n) is 3.77. The first-order valence-electron chi connectivity index (χ1n) is 11.8. The van der Waals surface area contributed by atoms with E-state index in [-0.39, 0.29) is 49.0 Å². The Bertz CT molecular complexity index is 1110. The molecular formula is C24H31FN8O3. The number of nitrogens with zero attached hydrogens (tertiary/aromatic N) is 4. The van der Waals surface area contributed by atoms with Gasteiger partial charge in [0.25, 0.3) is 5.91 Å². The summed E-state index contributed by atoms with van der Waals surface area (Å²) in [6, 6.07) is 3.89. The van der Waals surface area contributed by atoms with Gasteiger partial charge in [0.15, 0.2) is 5.69 Å². The van der Waals surface area contributed by atoms with Crippen LogP contribution in [0.2, 0.25) is 0 Å². The lowest BCUT2D eigenvalue weighted by atomic mass is 9.92. The van der Waals surface area contributed by atoms with Crippen LogP contribution >= 0.6 is 0 Å². The standard InChI is InChI=1S/C24H31FN8O3/c1-28-24(35)21-15-33(32-31-21)14-18(25)2-3-19(26)4-5-22(27)30-23(34)13-20-12-17(6-9-29-20)16-7-10-36-11-8-16/h4-6,9,12,15-16,18,26H,2-3,7-8,10-11,13-14H2,1H3,(H,28,35)(H2,27,30,34)/b5-4-,26-19?. The van der Waals surface area contributed by atoms with Crippen molar-refractivity contribution in [2.24, 2.45) is 0 Å². The van der Waals surface area contributed by atoms with Crippen molar-refractivity contribution < 1.29 is 18.7 Å². The summed E-state index contributed by atoms with van der Waals surface area (Å²) in [6.45, 7) is 1.38. The number of hydrogen-bond donors (Lipinski definition) is 4. The Morgan fingerprint density at radius 3 is 2.83 bits per heavy atom. The molecule has 0 aromatic carbocycles. The highest BCUT2D eigenvalue weighted by atomic mass is 19.1. The van der Waals surface area contributed by atoms with Gasteiger partial charge in [-0.1, -0.05) is 5.21 Å². The highest BCUT2D eigenvalue weighted by Gasteiger charge is 2.17. The quantitative estimate of drug-likeness (QED) is 0.274. The Morgan fingerprint density at radius 1 is 1.31 bits per heavy atom. The normalized spacial score (nSPS) is 14.9. The molecule has 192 valence electrons. The maximum Gasteiger partial charge on any atom is 0.273 e. The van der Waals surface area contributed by atoms with Gasteiger partial charge in [-0.3, -0.25) is 20.0 Å². The molecule has 12 heteroatoms. The molecule has 2 aromatic rings. The number of ether oxygens (including phenoxy) is 1. The first-order valence-corrected chi connectivity index (χ1v) is 11.8. The van der Waals surface area contributed by atoms with Crippen LogP contribution in [0.5, 0.6) is 0 Å². The van der Waals surface area contributed by atoms with E-state index in [0.29, 0.717) is 11.6 Å². The van der Waals surface area contributed by atoms with Crippen LogP contribution in [0, 0.1) is 10.8 Å². The second-order valence-electron chi connectivity index (χ2n) is 8.51. The summed E-state index contributed by atoms with van der Waals surface area (Å²) in [4.78, 5) is 28.1. The van der Waals surface area contributed by atoms with Crippen LogP contribution in [-0.2, 0) is 22.5 Å². The molecule has 1 unspecified atom stereocenters. The van der Waals surface area contributed by atoms with Crippen LogP contribution in [0.3, 0.4) is 0 Å². The lowest BCUT2D eigenvalue weighted by Crippen LogP contribution is -2.30. The zero-order chi connectivity index (χ0) is 25.9. The molecule has 0 aliphatic carbocycles. The number of carbonyl (C=O) groups is 2. The first kappa shape index (κ1) is 26.8. The first-order chi connectivity index (χ1) is 17.3. The van der Waals surface area contributed by atoms with Crippen molar-refractivity contribution in [1.29, 1.82) is 10.8 Å². The van der Waals surface area contributed by atoms with Gasteiger partial charge in [0.2, 0.25) is 5.91 Å². The predicted octanol–water partition coefficient (Wildman–Crippen LogP) is 1.96. The number of hydrogen-bond acceptors (Lipinski definition) is 8. The van der Waals surface area contributed by atoms with E-state index in [1.54, 1.807) is 6.20 Å². The predicted molar refractivity (Wildman–Crippen MR) is 131 cm³/mol. The van der Waals surface area contributed by atoms with Gasteiger partial charge in [0.05, 0.1) is 19.2 Å². The van der Waals surface area contributed by atoms with Crippen molar-refractivity contribution in [3.63, 3.8) is 0 Å². The molecule has 0 radical (unpaired) electrons. The number of alkyl halides is 1. The highest BCUT2D eigenvalue weighted by molar-refractivity contribution is 6.06. The summed E-state index contributed by atoms with van der Waals surface area (Å²) >= 11 is 0. The molecule has 4 N–H and O–H groups in total. The topological polar surface area (TPSA) is 159 Å². The molecule has 0 bridgehead atoms. The number of pyridine rings is 1. The number of amidine groups is 1. The van der Waals surface area contributed by atoms with E-state index in [2.05, 4.69) is 25.9 Å². The van der Waals surface area contributed by atoms with Gasteiger partial charge in [-0.15, -0.1) is 5.10 Å². The van der Waals surface area contributed by atoms with Gasteiger partial charge in [0, 0.05) is 37.9 Å². The summed E-state index contributed by atoms with van der Waals surface area (Å²) in [5, 5.41) is 28.2. The van der Waals surface area contributed by atoms with Crippen molar-refractivity contribution in [3.05, 3.63) is 53.6 Å². The van der Waals surface area contributed by atoms with Crippen LogP contribution in [-0.4, -0.2) is 69.8 Å². The number of halogens is 1. The molecule has 1 fully saturated rings. The largest absolute Gasteiger partial charge is 0.381 e. The van der Waals surface area contributed by atoms with E-state index in [9.17, 15) is 14.0 Å². The van der Waals surface area contributed by atoms with Crippen LogP contribution in [0.15, 0.2) is 36.7 Å². The van der Waals surface area contributed by atoms with E-state index in [0.717, 1.165) is 31.6 Å². The molecule has 1 saturated heterocycles. The van der Waals surface area contributed by atoms with Crippen molar-refractivity contribution in [2.75, 3.05) is 20.3 Å². The molecule has 11 nitrogen and oxygen atoms in total. The fraction of sp³-hybridized carbons (Fsp3) is 0.458. The van der Waals surface area contributed by atoms with Crippen molar-refractivity contribution >= 4 is 23.4 Å². The van der Waals surface area contributed by atoms with Gasteiger partial charge in [0.1, 0.15) is 12.0 Å². The summed E-state index contributed by atoms with van der Waals surface area (Å²) in [7, 11) is 1.47. The third-order valence-electron chi connectivity index (χ3n) is 5.71. The van der Waals surface area contributed by atoms with Gasteiger partial charge >= 0.3 is 0 Å². The monoisotopic (exact) mass is 498 g/mol. The summed E-state index contributed by atoms with van der Waals surface area (Å²) < 4.78 is 20.9. The van der Waals surface area contributed by atoms with Crippen LogP contribution in [0.1, 0.15) is 53.3 Å². The van der Waals surface area contributed by atoms with Gasteiger partial charge < -0.3 is 20.8 Å². The molecule has 1 atom stereocenters. The van der Waals surface area contributed by atoms with E-state index in [1.165, 1.54) is 30.1 Å². The van der Waals surface area contributed by atoms with E-state index < -0.39 is 12.1 Å². The third-order valence-corrected chi connectivity index (χ3v) is 5.71. The lowest BCUT2D eigenvalue weighted by molar-refractivity contribution is -0.119. The van der Waals surface area contributed by atoms with Crippen LogP contribution in [0.25, 0.3) is 0 Å². The van der Waals surface area contributed by atoms with E-state index in [4.69, 9.17) is 15.6 Å². The number of carbonyl (C=O) groups excluding carboxylic acids is 2. The van der Waals surface area contributed by atoms with E-state index in [1.807, 2.05) is 12.1 Å². The SMILES string of the molecule is CNC(=O)c1cn(CC(F)CCC(=N)/C=C\C(=N)NC(=O)Cc2cc(C3CCOCC3)ccn2)nn1. The molecule has 2 aromatic heterocycles. The Balaban J connectivity index is 1.38. The minimum atomic E-state index is -1.29. The van der Waals surface area contributed by atoms with Crippen LogP contribution < -0.4 is 10.6 Å². The molecule has 36 heavy (non-hydrogen) atoms. The average molecular weight is 499 g/mol. The minimum absolute atomic E-state index is 0.0399. The number of allylic oxidation sites excluding steroid dienone is 1. The van der Waals surface area contributed by atoms with Crippen molar-refractivity contribution in [3.8, 4) is 0 Å². The van der Waals surface area contributed by atoms with Gasteiger partial charge in [-0.05, 0) is 61.4 Å². The van der Waals surface area contributed by atoms with Gasteiger partial charge in [-0.25, -0.2) is 9.07 Å². The second-order valence-corrected chi connectivity index (χ2v) is 8.51. The Kier molecular flexibility index (Phi) is 9.92. The maximum atomic E-state index is 14.2. The fourth-order valence-corrected chi connectivity index (χ4v) is 3.77. The molecule has 3 heterocycles. The zero-order valence-corrected chi connectivity index (χ0v) is 20.2. The Hall–Kier alpha value is -3.80. The minimum Gasteiger partial charge on any atom is -0.381 e. The number of nitrogens with one attached hydrogen (secondary N) is 4. The number of amides is 2. The Morgan fingerprint density at radius 2 is 2.08 bits per heavy atom. The molecule has 3 rings (SSSR count). The average Bonchev–Trinajstić information content (AvgIpc) is 3.34. The summed E-state index contributed by atoms with van der Waals surface area (Å²) in [6.07, 6.45) is 6.55.